The predicted octanol–water partition coefficient (Wildman–Crippen LogP) is -2.93. The second-order valence-electron chi connectivity index (χ2n) is 1.97. The number of carboxylic acids is 2. The Labute approximate surface area is 83.7 Å². The van der Waals surface area contributed by atoms with Gasteiger partial charge in [-0.25, -0.2) is 9.59 Å². The fraction of sp³-hybridized carbons (Fsp3) is 0.400. The van der Waals surface area contributed by atoms with Crippen molar-refractivity contribution in [3.05, 3.63) is 0 Å². The number of hydrogen-bond acceptors (Lipinski definition) is 5. The summed E-state index contributed by atoms with van der Waals surface area (Å²) in [6, 6.07) is 0. The first kappa shape index (κ1) is 15.0. The number of thiocarbonyl (C=S) groups is 1. The van der Waals surface area contributed by atoms with Gasteiger partial charge in [-0.3, -0.25) is 0 Å². The fourth-order valence-corrected chi connectivity index (χ4v) is 0.270. The van der Waals surface area contributed by atoms with Crippen LogP contribution in [0.4, 0.5) is 0 Å². The molecule has 82 valence electrons. The van der Waals surface area contributed by atoms with Crippen molar-refractivity contribution >= 4 is 29.3 Å². The number of carboxylic acid groups (broad SMARTS) is 2. The summed E-state index contributed by atoms with van der Waals surface area (Å²) in [6.45, 7) is 0. The number of aliphatic hydroxyl groups excluding tert-OH is 2. The van der Waals surface area contributed by atoms with Crippen molar-refractivity contribution in [1.82, 2.24) is 0 Å². The summed E-state index contributed by atoms with van der Waals surface area (Å²) in [5, 5.41) is 32.5. The van der Waals surface area contributed by atoms with Gasteiger partial charge in [-0.2, -0.15) is 0 Å². The Morgan fingerprint density at radius 3 is 1.21 bits per heavy atom. The molecular formula is C5H10N2O6S. The minimum Gasteiger partial charge on any atom is -0.479 e. The predicted molar refractivity (Wildman–Crippen MR) is 48.3 cm³/mol. The highest BCUT2D eigenvalue weighted by atomic mass is 32.1. The van der Waals surface area contributed by atoms with Gasteiger partial charge in [0.15, 0.2) is 17.3 Å². The van der Waals surface area contributed by atoms with E-state index in [1.807, 2.05) is 0 Å². The average Bonchev–Trinajstić information content (AvgIpc) is 2.00. The normalized spacial score (nSPS) is 13.0. The van der Waals surface area contributed by atoms with Crippen LogP contribution in [0.5, 0.6) is 0 Å². The maximum absolute atomic E-state index is 9.77. The largest absolute Gasteiger partial charge is 0.479 e. The molecule has 0 aliphatic carbocycles. The molecule has 2 atom stereocenters. The molecule has 0 heterocycles. The zero-order chi connectivity index (χ0) is 11.9. The molecule has 0 rings (SSSR count). The van der Waals surface area contributed by atoms with Gasteiger partial charge in [-0.1, -0.05) is 0 Å². The summed E-state index contributed by atoms with van der Waals surface area (Å²) in [5.41, 5.74) is 9.24. The van der Waals surface area contributed by atoms with E-state index in [0.717, 1.165) is 0 Å². The highest BCUT2D eigenvalue weighted by molar-refractivity contribution is 7.80. The molecule has 8 nitrogen and oxygen atoms in total. The molecule has 0 saturated carbocycles. The number of hydrogen-bond donors (Lipinski definition) is 6. The van der Waals surface area contributed by atoms with Crippen LogP contribution in [0.25, 0.3) is 0 Å². The minimum atomic E-state index is -2.27. The van der Waals surface area contributed by atoms with E-state index in [1.54, 1.807) is 0 Å². The number of nitrogens with two attached hydrogens (primary N) is 2. The topological polar surface area (TPSA) is 167 Å². The summed E-state index contributed by atoms with van der Waals surface area (Å²) < 4.78 is 0. The Morgan fingerprint density at radius 2 is 1.14 bits per heavy atom. The molecule has 0 bridgehead atoms. The van der Waals surface area contributed by atoms with Crippen LogP contribution >= 0.6 is 12.2 Å². The van der Waals surface area contributed by atoms with Crippen molar-refractivity contribution in [3.8, 4) is 0 Å². The van der Waals surface area contributed by atoms with E-state index in [0.29, 0.717) is 0 Å². The zero-order valence-corrected chi connectivity index (χ0v) is 7.64. The van der Waals surface area contributed by atoms with Crippen LogP contribution in [0.2, 0.25) is 0 Å². The second-order valence-corrected chi connectivity index (χ2v) is 2.44. The van der Waals surface area contributed by atoms with Crippen LogP contribution < -0.4 is 11.5 Å². The van der Waals surface area contributed by atoms with Crippen LogP contribution in [0, 0.1) is 0 Å². The molecule has 0 saturated heterocycles. The van der Waals surface area contributed by atoms with Crippen LogP contribution in [0.15, 0.2) is 0 Å². The summed E-state index contributed by atoms with van der Waals surface area (Å²) in [6.07, 6.45) is -4.53. The van der Waals surface area contributed by atoms with E-state index in [1.165, 1.54) is 0 Å². The summed E-state index contributed by atoms with van der Waals surface area (Å²) in [7, 11) is 0. The lowest BCUT2D eigenvalue weighted by Crippen LogP contribution is -2.39. The van der Waals surface area contributed by atoms with Gasteiger partial charge in [0.05, 0.1) is 0 Å². The Bertz CT molecular complexity index is 210. The van der Waals surface area contributed by atoms with Gasteiger partial charge in [-0.15, -0.1) is 0 Å². The third kappa shape index (κ3) is 8.64. The van der Waals surface area contributed by atoms with E-state index in [-0.39, 0.29) is 5.11 Å². The monoisotopic (exact) mass is 226 g/mol. The van der Waals surface area contributed by atoms with Crippen molar-refractivity contribution in [2.45, 2.75) is 12.2 Å². The lowest BCUT2D eigenvalue weighted by molar-refractivity contribution is -0.165. The minimum absolute atomic E-state index is 0.000000000000000222. The third-order valence-electron chi connectivity index (χ3n) is 0.805. The first-order valence-corrected chi connectivity index (χ1v) is 3.47. The summed E-state index contributed by atoms with van der Waals surface area (Å²) >= 11 is 4.09. The molecule has 2 unspecified atom stereocenters. The molecule has 9 heteroatoms. The van der Waals surface area contributed by atoms with E-state index >= 15 is 0 Å². The molecule has 0 aromatic rings. The molecule has 0 aliphatic rings. The number of aliphatic hydroxyl groups is 2. The average molecular weight is 226 g/mol. The lowest BCUT2D eigenvalue weighted by atomic mass is 10.2. The number of carbonyl (C=O) groups is 2. The summed E-state index contributed by atoms with van der Waals surface area (Å²) in [4.78, 5) is 19.5. The molecule has 0 fully saturated rings. The van der Waals surface area contributed by atoms with Crippen LogP contribution in [-0.2, 0) is 9.59 Å². The Kier molecular flexibility index (Phi) is 7.52. The van der Waals surface area contributed by atoms with Gasteiger partial charge in [0.25, 0.3) is 0 Å². The maximum atomic E-state index is 9.77. The molecule has 8 N–H and O–H groups in total. The van der Waals surface area contributed by atoms with Crippen LogP contribution in [0.3, 0.4) is 0 Å². The van der Waals surface area contributed by atoms with Gasteiger partial charge >= 0.3 is 11.9 Å². The molecule has 0 aromatic carbocycles. The van der Waals surface area contributed by atoms with Crippen LogP contribution in [0.1, 0.15) is 0 Å². The Hall–Kier alpha value is -1.45. The van der Waals surface area contributed by atoms with Gasteiger partial charge in [0.1, 0.15) is 0 Å². The highest BCUT2D eigenvalue weighted by Gasteiger charge is 2.29. The molecular weight excluding hydrogens is 216 g/mol. The highest BCUT2D eigenvalue weighted by Crippen LogP contribution is 1.92. The van der Waals surface area contributed by atoms with E-state index < -0.39 is 24.1 Å². The Balaban J connectivity index is 0. The standard InChI is InChI=1S/C4H6O6.CH4N2S/c5-1(3(7)8)2(6)4(9)10;2-1(3)4/h1-2,5-6H,(H,7,8)(H,9,10);(H4,2,3,4). The van der Waals surface area contributed by atoms with Crippen molar-refractivity contribution in [2.24, 2.45) is 11.5 Å². The Morgan fingerprint density at radius 1 is 1.00 bits per heavy atom. The van der Waals surface area contributed by atoms with E-state index in [2.05, 4.69) is 23.7 Å². The zero-order valence-electron chi connectivity index (χ0n) is 6.82. The lowest BCUT2D eigenvalue weighted by Gasteiger charge is -2.07. The molecule has 0 aromatic heterocycles. The first-order chi connectivity index (χ1) is 6.20. The second kappa shape index (κ2) is 7.00. The molecule has 0 spiro atoms. The third-order valence-corrected chi connectivity index (χ3v) is 0.805. The fourth-order valence-electron chi connectivity index (χ4n) is 0.270. The maximum Gasteiger partial charge on any atom is 0.335 e. The summed E-state index contributed by atoms with van der Waals surface area (Å²) in [5.74, 6) is -3.54. The van der Waals surface area contributed by atoms with Crippen molar-refractivity contribution in [2.75, 3.05) is 0 Å². The van der Waals surface area contributed by atoms with Crippen molar-refractivity contribution < 1.29 is 30.0 Å². The smallest absolute Gasteiger partial charge is 0.335 e. The molecule has 0 radical (unpaired) electrons. The van der Waals surface area contributed by atoms with Gasteiger partial charge in [0, 0.05) is 0 Å². The van der Waals surface area contributed by atoms with Crippen LogP contribution in [-0.4, -0.2) is 49.7 Å². The molecule has 14 heavy (non-hydrogen) atoms. The van der Waals surface area contributed by atoms with Crippen molar-refractivity contribution in [1.29, 1.82) is 0 Å². The quantitative estimate of drug-likeness (QED) is 0.276. The number of aliphatic carboxylic acids is 2. The first-order valence-electron chi connectivity index (χ1n) is 3.06. The SMILES string of the molecule is NC(N)=S.O=C(O)C(O)C(O)C(=O)O. The van der Waals surface area contributed by atoms with E-state index in [9.17, 15) is 9.59 Å². The van der Waals surface area contributed by atoms with Gasteiger partial charge in [-0.05, 0) is 12.2 Å². The van der Waals surface area contributed by atoms with Gasteiger partial charge < -0.3 is 31.9 Å². The van der Waals surface area contributed by atoms with Crippen molar-refractivity contribution in [3.63, 3.8) is 0 Å². The number of rotatable bonds is 3. The molecule has 0 aliphatic heterocycles. The van der Waals surface area contributed by atoms with Gasteiger partial charge in [0.2, 0.25) is 0 Å². The molecule has 0 amide bonds. The van der Waals surface area contributed by atoms with E-state index in [4.69, 9.17) is 20.4 Å².